The van der Waals surface area contributed by atoms with Crippen LogP contribution in [0.15, 0.2) is 47.1 Å². The van der Waals surface area contributed by atoms with Crippen molar-refractivity contribution >= 4 is 23.7 Å². The first-order chi connectivity index (χ1) is 12.7. The van der Waals surface area contributed by atoms with Gasteiger partial charge in [0.1, 0.15) is 0 Å². The molecule has 0 aromatic heterocycles. The Balaban J connectivity index is 2.89. The smallest absolute Gasteiger partial charge is 0.416 e. The van der Waals surface area contributed by atoms with E-state index in [2.05, 4.69) is 4.74 Å². The van der Waals surface area contributed by atoms with E-state index in [0.717, 1.165) is 30.0 Å². The lowest BCUT2D eigenvalue weighted by Gasteiger charge is -2.09. The average Bonchev–Trinajstić information content (AvgIpc) is 2.61. The molecule has 0 amide bonds. The van der Waals surface area contributed by atoms with Crippen molar-refractivity contribution in [3.05, 3.63) is 58.2 Å². The third-order valence-electron chi connectivity index (χ3n) is 3.03. The largest absolute Gasteiger partial charge is 0.502 e. The van der Waals surface area contributed by atoms with Crippen LogP contribution in [0.25, 0.3) is 0 Å². The highest BCUT2D eigenvalue weighted by Crippen LogP contribution is 2.30. The lowest BCUT2D eigenvalue weighted by atomic mass is 10.1. The molecule has 1 rings (SSSR count). The highest BCUT2D eigenvalue weighted by molar-refractivity contribution is 8.03. The van der Waals surface area contributed by atoms with Crippen LogP contribution in [0.3, 0.4) is 0 Å². The number of aliphatic hydroxyl groups excluding tert-OH is 1. The van der Waals surface area contributed by atoms with Crippen LogP contribution in [0.5, 0.6) is 0 Å². The predicted octanol–water partition coefficient (Wildman–Crippen LogP) is 4.39. The molecule has 0 saturated carbocycles. The lowest BCUT2D eigenvalue weighted by molar-refractivity contribution is -0.141. The number of aliphatic hydroxyl groups is 1. The maximum Gasteiger partial charge on any atom is 0.416 e. The van der Waals surface area contributed by atoms with Gasteiger partial charge in [-0.15, -0.1) is 11.8 Å². The molecule has 0 heterocycles. The quantitative estimate of drug-likeness (QED) is 0.300. The van der Waals surface area contributed by atoms with Crippen LogP contribution < -0.4 is 0 Å². The van der Waals surface area contributed by atoms with Gasteiger partial charge in [0.05, 0.1) is 23.7 Å². The number of benzene rings is 1. The molecule has 0 radical (unpaired) electrons. The zero-order chi connectivity index (χ0) is 20.4. The molecule has 0 fully saturated rings. The molecule has 148 valence electrons. The molecule has 0 unspecified atom stereocenters. The number of carbonyl (C=O) groups is 2. The topological polar surface area (TPSA) is 72.8 Å². The van der Waals surface area contributed by atoms with E-state index in [1.165, 1.54) is 18.2 Å². The minimum Gasteiger partial charge on any atom is -0.502 e. The number of rotatable bonds is 8. The Labute approximate surface area is 158 Å². The van der Waals surface area contributed by atoms with E-state index in [9.17, 15) is 27.9 Å². The van der Waals surface area contributed by atoms with E-state index in [0.29, 0.717) is 5.56 Å². The highest BCUT2D eigenvalue weighted by Gasteiger charge is 2.29. The number of hydrogen-bond donors (Lipinski definition) is 1. The van der Waals surface area contributed by atoms with Crippen molar-refractivity contribution in [3.8, 4) is 0 Å². The molecule has 0 aliphatic carbocycles. The van der Waals surface area contributed by atoms with Crippen LogP contribution >= 0.6 is 11.8 Å². The van der Waals surface area contributed by atoms with Gasteiger partial charge in [-0.25, -0.2) is 9.59 Å². The zero-order valence-electron chi connectivity index (χ0n) is 14.7. The SMILES string of the molecule is CCOC(=O)/C(O)=C/C=C(\SCc1ccc(C(F)(F)F)cc1)C(=O)OCC. The summed E-state index contributed by atoms with van der Waals surface area (Å²) in [5.74, 6) is -2.11. The van der Waals surface area contributed by atoms with Gasteiger partial charge in [-0.1, -0.05) is 12.1 Å². The Morgan fingerprint density at radius 2 is 1.59 bits per heavy atom. The summed E-state index contributed by atoms with van der Waals surface area (Å²) in [6.45, 7) is 3.38. The minimum atomic E-state index is -4.42. The average molecular weight is 404 g/mol. The van der Waals surface area contributed by atoms with Crippen LogP contribution in [0, 0.1) is 0 Å². The summed E-state index contributed by atoms with van der Waals surface area (Å²) in [4.78, 5) is 23.4. The Hall–Kier alpha value is -2.42. The van der Waals surface area contributed by atoms with Gasteiger partial charge >= 0.3 is 18.1 Å². The van der Waals surface area contributed by atoms with Crippen LogP contribution in [-0.4, -0.2) is 30.3 Å². The fraction of sp³-hybridized carbons (Fsp3) is 0.333. The van der Waals surface area contributed by atoms with Gasteiger partial charge in [-0.2, -0.15) is 13.2 Å². The summed E-state index contributed by atoms with van der Waals surface area (Å²) in [6, 6.07) is 4.53. The fourth-order valence-corrected chi connectivity index (χ4v) is 2.61. The Bertz CT molecular complexity index is 709. The molecule has 0 aliphatic heterocycles. The van der Waals surface area contributed by atoms with Gasteiger partial charge in [0.15, 0.2) is 0 Å². The van der Waals surface area contributed by atoms with Gasteiger partial charge in [-0.05, 0) is 43.7 Å². The molecule has 0 atom stereocenters. The molecule has 9 heteroatoms. The Morgan fingerprint density at radius 1 is 1.04 bits per heavy atom. The number of thioether (sulfide) groups is 1. The molecular weight excluding hydrogens is 385 g/mol. The van der Waals surface area contributed by atoms with Crippen molar-refractivity contribution in [2.75, 3.05) is 13.2 Å². The maximum absolute atomic E-state index is 12.6. The van der Waals surface area contributed by atoms with E-state index < -0.39 is 29.4 Å². The summed E-state index contributed by atoms with van der Waals surface area (Å²) in [5.41, 5.74) is -0.207. The van der Waals surface area contributed by atoms with Crippen molar-refractivity contribution in [1.29, 1.82) is 0 Å². The number of allylic oxidation sites excluding steroid dienone is 2. The number of hydrogen-bond acceptors (Lipinski definition) is 6. The summed E-state index contributed by atoms with van der Waals surface area (Å²) in [5, 5.41) is 9.58. The third kappa shape index (κ3) is 7.78. The highest BCUT2D eigenvalue weighted by atomic mass is 32.2. The van der Waals surface area contributed by atoms with Crippen molar-refractivity contribution < 1.29 is 37.3 Å². The van der Waals surface area contributed by atoms with Gasteiger partial charge in [-0.3, -0.25) is 0 Å². The second-order valence-corrected chi connectivity index (χ2v) is 6.02. The maximum atomic E-state index is 12.6. The van der Waals surface area contributed by atoms with Crippen LogP contribution in [0.4, 0.5) is 13.2 Å². The summed E-state index contributed by atoms with van der Waals surface area (Å²) in [6.07, 6.45) is -2.22. The normalized spacial score (nSPS) is 12.6. The van der Waals surface area contributed by atoms with E-state index in [1.807, 2.05) is 0 Å². The number of halogens is 3. The monoisotopic (exact) mass is 404 g/mol. The second-order valence-electron chi connectivity index (χ2n) is 5.01. The molecule has 1 aromatic carbocycles. The molecule has 0 aliphatic rings. The van der Waals surface area contributed by atoms with Crippen molar-refractivity contribution in [2.45, 2.75) is 25.8 Å². The predicted molar refractivity (Wildman–Crippen MR) is 94.8 cm³/mol. The molecule has 1 aromatic rings. The van der Waals surface area contributed by atoms with Crippen molar-refractivity contribution in [2.24, 2.45) is 0 Å². The zero-order valence-corrected chi connectivity index (χ0v) is 15.5. The second kappa shape index (κ2) is 10.7. The first kappa shape index (κ1) is 22.6. The van der Waals surface area contributed by atoms with Gasteiger partial charge < -0.3 is 14.6 Å². The van der Waals surface area contributed by atoms with E-state index in [-0.39, 0.29) is 23.9 Å². The van der Waals surface area contributed by atoms with E-state index >= 15 is 0 Å². The first-order valence-corrected chi connectivity index (χ1v) is 8.91. The number of ether oxygens (including phenoxy) is 2. The van der Waals surface area contributed by atoms with E-state index in [1.54, 1.807) is 13.8 Å². The standard InChI is InChI=1S/C18H19F3O5S/c1-3-25-16(23)14(22)9-10-15(17(24)26-4-2)27-11-12-5-7-13(8-6-12)18(19,20)21/h5-10,22H,3-4,11H2,1-2H3/b14-9-,15-10-. The Kier molecular flexibility index (Phi) is 8.93. The summed E-state index contributed by atoms with van der Waals surface area (Å²) < 4.78 is 47.2. The third-order valence-corrected chi connectivity index (χ3v) is 4.12. The molecule has 0 spiro atoms. The molecule has 1 N–H and O–H groups in total. The number of alkyl halides is 3. The first-order valence-electron chi connectivity index (χ1n) is 7.93. The lowest BCUT2D eigenvalue weighted by Crippen LogP contribution is -2.08. The minimum absolute atomic E-state index is 0.0765. The molecular formula is C18H19F3O5S. The molecule has 0 bridgehead atoms. The van der Waals surface area contributed by atoms with Crippen LogP contribution in [-0.2, 0) is 31.0 Å². The van der Waals surface area contributed by atoms with Gasteiger partial charge in [0, 0.05) is 5.75 Å². The number of carbonyl (C=O) groups excluding carboxylic acids is 2. The summed E-state index contributed by atoms with van der Waals surface area (Å²) in [7, 11) is 0. The van der Waals surface area contributed by atoms with Crippen molar-refractivity contribution in [3.63, 3.8) is 0 Å². The number of esters is 2. The van der Waals surface area contributed by atoms with Crippen LogP contribution in [0.1, 0.15) is 25.0 Å². The molecule has 5 nitrogen and oxygen atoms in total. The summed E-state index contributed by atoms with van der Waals surface area (Å²) >= 11 is 1.00. The van der Waals surface area contributed by atoms with Gasteiger partial charge in [0.25, 0.3) is 0 Å². The van der Waals surface area contributed by atoms with E-state index in [4.69, 9.17) is 4.74 Å². The van der Waals surface area contributed by atoms with Crippen molar-refractivity contribution in [1.82, 2.24) is 0 Å². The Morgan fingerprint density at radius 3 is 2.11 bits per heavy atom. The van der Waals surface area contributed by atoms with Crippen LogP contribution in [0.2, 0.25) is 0 Å². The molecule has 27 heavy (non-hydrogen) atoms. The van der Waals surface area contributed by atoms with Gasteiger partial charge in [0.2, 0.25) is 5.76 Å². The molecule has 0 saturated heterocycles. The fourth-order valence-electron chi connectivity index (χ4n) is 1.76.